The van der Waals surface area contributed by atoms with E-state index in [0.29, 0.717) is 26.4 Å². The van der Waals surface area contributed by atoms with Crippen LogP contribution in [0.3, 0.4) is 0 Å². The van der Waals surface area contributed by atoms with Crippen LogP contribution in [-0.4, -0.2) is 73.4 Å². The molecule has 57 heavy (non-hydrogen) atoms. The van der Waals surface area contributed by atoms with Crippen LogP contribution in [0.1, 0.15) is 0 Å². The van der Waals surface area contributed by atoms with E-state index >= 15 is 0 Å². The Morgan fingerprint density at radius 2 is 1.07 bits per heavy atom. The maximum absolute atomic E-state index is 14.2. The number of fused-ring (bicyclic) bond motifs is 9. The van der Waals surface area contributed by atoms with Crippen molar-refractivity contribution in [2.75, 3.05) is 0 Å². The van der Waals surface area contributed by atoms with Crippen LogP contribution < -0.4 is 0 Å². The van der Waals surface area contributed by atoms with E-state index in [-0.39, 0.29) is 73.0 Å². The molecule has 0 aliphatic heterocycles. The summed E-state index contributed by atoms with van der Waals surface area (Å²) in [4.78, 5) is 0. The second-order valence-electron chi connectivity index (χ2n) is 12.5. The molecule has 4 nitrogen and oxygen atoms in total. The molecule has 0 aliphatic carbocycles. The van der Waals surface area contributed by atoms with E-state index in [1.165, 1.54) is 81.4 Å². The van der Waals surface area contributed by atoms with Gasteiger partial charge in [-0.05, 0) is 95.7 Å². The number of hydrogen-bond donors (Lipinski definition) is 2. The molecule has 0 amide bonds. The van der Waals surface area contributed by atoms with Gasteiger partial charge in [-0.25, -0.2) is 8.78 Å². The second-order valence-corrected chi connectivity index (χ2v) is 14.3. The Morgan fingerprint density at radius 1 is 0.439 bits per heavy atom. The average Bonchev–Trinajstić information content (AvgIpc) is 3.74. The molecule has 0 aliphatic rings. The van der Waals surface area contributed by atoms with E-state index in [1.54, 1.807) is 48.5 Å². The van der Waals surface area contributed by atoms with Crippen molar-refractivity contribution in [3.8, 4) is 33.8 Å². The molecule has 13 heteroatoms. The quantitative estimate of drug-likeness (QED) is 0.169. The predicted octanol–water partition coefficient (Wildman–Crippen LogP) is 13.3. The fourth-order valence-corrected chi connectivity index (χ4v) is 7.63. The van der Waals surface area contributed by atoms with E-state index in [9.17, 15) is 19.0 Å². The Balaban J connectivity index is 0.000000199. The molecule has 0 saturated carbocycles. The summed E-state index contributed by atoms with van der Waals surface area (Å²) in [6.45, 7) is 0. The van der Waals surface area contributed by atoms with Gasteiger partial charge in [-0.15, -0.1) is 0 Å². The summed E-state index contributed by atoms with van der Waals surface area (Å²) >= 11 is 9.35. The van der Waals surface area contributed by atoms with Crippen LogP contribution in [0.15, 0.2) is 151 Å². The number of halogens is 4. The average molecular weight is 1070 g/mol. The van der Waals surface area contributed by atoms with Crippen LogP contribution in [0, 0.1) is 11.6 Å². The summed E-state index contributed by atoms with van der Waals surface area (Å²) in [5, 5.41) is 28.8. The Kier molecular flexibility index (Phi) is 16.8. The van der Waals surface area contributed by atoms with Crippen LogP contribution in [0.5, 0.6) is 11.5 Å². The van der Waals surface area contributed by atoms with E-state index in [1.807, 2.05) is 30.3 Å². The fourth-order valence-electron chi connectivity index (χ4n) is 6.91. The molecule has 281 valence electrons. The number of aromatic hydroxyl groups is 2. The summed E-state index contributed by atoms with van der Waals surface area (Å²) < 4.78 is 42.3. The maximum atomic E-state index is 14.2. The SMILES string of the molecule is Brc1ccc2oc3c4cc5oc6ccccc6c5cc4ccc3c2c1.Oc1cc2c(O)c(-c3cc(Br)ccc3F)ccc2cc1-c1ccccc1F.[Co].[Co].[Co].[K][K]. The summed E-state index contributed by atoms with van der Waals surface area (Å²) in [5.74, 6) is -1.25. The predicted molar refractivity (Wildman–Crippen MR) is 223 cm³/mol. The summed E-state index contributed by atoms with van der Waals surface area (Å²) in [5.41, 5.74) is 4.74. The standard InChI is InChI=1S/C22H13BrF2O2.C22H11BrO2.3Co.2K/c23-13-6-8-20(25)17(10-13)15-7-5-12-9-18(14-3-1-2-4-19(14)24)21(26)11-16(12)22(15)27;23-13-6-8-20-18(10-13)15-7-5-12-9-17-14-3-1-2-4-19(14)24-21(17)11-16(12)22(15)25-20;;;;;/h1-11,26-27H;1-11H;;;;;. The first-order valence-corrected chi connectivity index (χ1v) is 34.9. The molecule has 8 aromatic carbocycles. The van der Waals surface area contributed by atoms with Crippen LogP contribution in [0.2, 0.25) is 0 Å². The molecular formula is C44H24Br2Co3F2K2O4. The Labute approximate surface area is 418 Å². The van der Waals surface area contributed by atoms with Crippen molar-refractivity contribution in [2.45, 2.75) is 0 Å². The molecule has 0 saturated heterocycles. The van der Waals surface area contributed by atoms with E-state index < -0.39 is 11.6 Å². The molecule has 0 atom stereocenters. The molecule has 0 unspecified atom stereocenters. The van der Waals surface area contributed by atoms with Gasteiger partial charge in [-0.1, -0.05) is 80.4 Å². The number of para-hydroxylation sites is 1. The summed E-state index contributed by atoms with van der Waals surface area (Å²) in [6, 6.07) is 39.7. The zero-order valence-corrected chi connectivity index (χ0v) is 42.5. The third-order valence-corrected chi connectivity index (χ3v) is 10.4. The van der Waals surface area contributed by atoms with Crippen molar-refractivity contribution in [3.63, 3.8) is 0 Å². The fraction of sp³-hybridized carbons (Fsp3) is 0. The normalized spacial score (nSPS) is 10.7. The first kappa shape index (κ1) is 47.1. The Bertz CT molecular complexity index is 3080. The van der Waals surface area contributed by atoms with Gasteiger partial charge in [0.2, 0.25) is 0 Å². The Hall–Kier alpha value is -0.908. The van der Waals surface area contributed by atoms with Gasteiger partial charge in [0, 0.05) is 114 Å². The topological polar surface area (TPSA) is 66.7 Å². The van der Waals surface area contributed by atoms with Gasteiger partial charge >= 0.3 is 63.2 Å². The van der Waals surface area contributed by atoms with Crippen molar-refractivity contribution in [3.05, 3.63) is 154 Å². The molecular weight excluding hydrogens is 1050 g/mol. The zero-order chi connectivity index (χ0) is 37.7. The second kappa shape index (κ2) is 20.3. The molecule has 2 N–H and O–H groups in total. The zero-order valence-electron chi connectivity index (χ0n) is 29.9. The van der Waals surface area contributed by atoms with Crippen LogP contribution >= 0.6 is 31.9 Å². The third-order valence-electron chi connectivity index (χ3n) is 9.40. The number of phenolic OH excluding ortho intramolecular Hbond substituents is 2. The van der Waals surface area contributed by atoms with Gasteiger partial charge in [0.15, 0.2) is 0 Å². The van der Waals surface area contributed by atoms with E-state index in [2.05, 4.69) is 68.3 Å². The van der Waals surface area contributed by atoms with Gasteiger partial charge in [0.05, 0.1) is 0 Å². The minimum absolute atomic E-state index is 0. The first-order chi connectivity index (χ1) is 26.2. The van der Waals surface area contributed by atoms with Crippen molar-refractivity contribution in [2.24, 2.45) is 0 Å². The van der Waals surface area contributed by atoms with Gasteiger partial charge in [0.1, 0.15) is 45.5 Å². The summed E-state index contributed by atoms with van der Waals surface area (Å²) in [7, 11) is 0. The van der Waals surface area contributed by atoms with Gasteiger partial charge < -0.3 is 19.0 Å². The van der Waals surface area contributed by atoms with Crippen LogP contribution in [0.4, 0.5) is 8.78 Å². The number of furan rings is 2. The van der Waals surface area contributed by atoms with Crippen LogP contribution in [0.25, 0.3) is 87.7 Å². The van der Waals surface area contributed by atoms with E-state index in [4.69, 9.17) is 8.83 Å². The summed E-state index contributed by atoms with van der Waals surface area (Å²) in [6.07, 6.45) is 0. The molecule has 0 bridgehead atoms. The monoisotopic (exact) mass is 1070 g/mol. The molecule has 2 heterocycles. The van der Waals surface area contributed by atoms with Gasteiger partial charge in [-0.2, -0.15) is 0 Å². The Morgan fingerprint density at radius 3 is 1.86 bits per heavy atom. The molecule has 3 radical (unpaired) electrons. The van der Waals surface area contributed by atoms with Gasteiger partial charge in [-0.3, -0.25) is 0 Å². The van der Waals surface area contributed by atoms with Crippen molar-refractivity contribution >= 4 is 160 Å². The van der Waals surface area contributed by atoms with Crippen LogP contribution in [-0.2, 0) is 50.3 Å². The van der Waals surface area contributed by atoms with Crippen molar-refractivity contribution in [1.82, 2.24) is 0 Å². The minimum atomic E-state index is -0.472. The molecule has 0 fully saturated rings. The van der Waals surface area contributed by atoms with E-state index in [0.717, 1.165) is 59.1 Å². The molecule has 0 spiro atoms. The number of phenols is 2. The molecule has 10 aromatic rings. The molecule has 2 aromatic heterocycles. The van der Waals surface area contributed by atoms with Crippen molar-refractivity contribution < 1.29 is 78.2 Å². The first-order valence-electron chi connectivity index (χ1n) is 17.3. The number of benzene rings is 8. The third kappa shape index (κ3) is 9.32. The number of hydrogen-bond acceptors (Lipinski definition) is 4. The number of rotatable bonds is 2. The molecule has 10 rings (SSSR count). The van der Waals surface area contributed by atoms with Crippen molar-refractivity contribution in [1.29, 1.82) is 0 Å². The van der Waals surface area contributed by atoms with Gasteiger partial charge in [0.25, 0.3) is 0 Å².